The molecule has 0 spiro atoms. The molecular weight excluding hydrogens is 236 g/mol. The molecule has 0 heterocycles. The first-order chi connectivity index (χ1) is 4.54. The number of methoxy groups -OCH3 is 2. The molecule has 0 saturated heterocycles. The van der Waals surface area contributed by atoms with Crippen LogP contribution in [0.4, 0.5) is 0 Å². The summed E-state index contributed by atoms with van der Waals surface area (Å²) in [6.07, 6.45) is 0. The minimum atomic E-state index is 0. The van der Waals surface area contributed by atoms with E-state index in [1.165, 1.54) is 14.2 Å². The molecule has 4 N–H and O–H groups in total. The van der Waals surface area contributed by atoms with E-state index in [2.05, 4.69) is 33.9 Å². The Balaban J connectivity index is -0.000000107. The summed E-state index contributed by atoms with van der Waals surface area (Å²) < 4.78 is 8.52. The van der Waals surface area contributed by atoms with Crippen molar-refractivity contribution in [1.82, 2.24) is 0 Å². The Morgan fingerprint density at radius 1 is 1.00 bits per heavy atom. The number of nitrogens with two attached hydrogens (primary N) is 2. The fourth-order valence-corrected chi connectivity index (χ4v) is 0. The van der Waals surface area contributed by atoms with Crippen LogP contribution in [0.25, 0.3) is 0 Å². The standard InChI is InChI=1S/2C2H5NOS.Cu/c2*1-4-2(3)5;/h2*1H3,(H2,3,5);. The van der Waals surface area contributed by atoms with Crippen molar-refractivity contribution >= 4 is 34.8 Å². The van der Waals surface area contributed by atoms with Crippen LogP contribution in [0.2, 0.25) is 0 Å². The molecule has 0 fully saturated rings. The minimum absolute atomic E-state index is 0. The second kappa shape index (κ2) is 12.6. The molecule has 0 bridgehead atoms. The van der Waals surface area contributed by atoms with E-state index in [9.17, 15) is 0 Å². The second-order valence-electron chi connectivity index (χ2n) is 1.05. The van der Waals surface area contributed by atoms with Crippen molar-refractivity contribution in [2.75, 3.05) is 14.2 Å². The zero-order valence-electron chi connectivity index (χ0n) is 6.09. The molecule has 0 amide bonds. The van der Waals surface area contributed by atoms with Crippen molar-refractivity contribution in [3.8, 4) is 0 Å². The van der Waals surface area contributed by atoms with Crippen LogP contribution < -0.4 is 11.5 Å². The van der Waals surface area contributed by atoms with Gasteiger partial charge in [-0.25, -0.2) is 0 Å². The average molecular weight is 246 g/mol. The summed E-state index contributed by atoms with van der Waals surface area (Å²) in [4.78, 5) is 0. The van der Waals surface area contributed by atoms with E-state index in [0.29, 0.717) is 0 Å². The average Bonchev–Trinajstić information content (AvgIpc) is 1.89. The number of thiocarbonyl (C=S) groups is 2. The minimum Gasteiger partial charge on any atom is -0.475 e. The third-order valence-corrected chi connectivity index (χ3v) is 0.736. The van der Waals surface area contributed by atoms with Crippen molar-refractivity contribution in [3.05, 3.63) is 0 Å². The SMILES string of the molecule is COC(N)=S.COC(N)=S.[Cu]. The monoisotopic (exact) mass is 245 g/mol. The molecule has 7 heteroatoms. The summed E-state index contributed by atoms with van der Waals surface area (Å²) in [6, 6.07) is 0. The normalized spacial score (nSPS) is 6.00. The van der Waals surface area contributed by atoms with Gasteiger partial charge in [0.2, 0.25) is 0 Å². The molecule has 71 valence electrons. The van der Waals surface area contributed by atoms with Gasteiger partial charge in [0.1, 0.15) is 0 Å². The van der Waals surface area contributed by atoms with Crippen LogP contribution in [0.15, 0.2) is 0 Å². The first kappa shape index (κ1) is 17.1. The maximum absolute atomic E-state index is 4.80. The Labute approximate surface area is 87.1 Å². The third-order valence-electron chi connectivity index (χ3n) is 0.402. The molecular formula is C4H10CuN2O2S2. The van der Waals surface area contributed by atoms with Crippen LogP contribution in [0.3, 0.4) is 0 Å². The molecule has 0 aliphatic heterocycles. The van der Waals surface area contributed by atoms with E-state index in [1.54, 1.807) is 0 Å². The fraction of sp³-hybridized carbons (Fsp3) is 0.500. The van der Waals surface area contributed by atoms with Gasteiger partial charge in [0.05, 0.1) is 14.2 Å². The summed E-state index contributed by atoms with van der Waals surface area (Å²) in [5, 5.41) is 0.176. The van der Waals surface area contributed by atoms with Gasteiger partial charge in [-0.15, -0.1) is 0 Å². The number of hydrogen-bond donors (Lipinski definition) is 2. The molecule has 0 atom stereocenters. The van der Waals surface area contributed by atoms with Gasteiger partial charge in [0.25, 0.3) is 10.3 Å². The van der Waals surface area contributed by atoms with Gasteiger partial charge in [-0.1, -0.05) is 0 Å². The molecule has 4 nitrogen and oxygen atoms in total. The van der Waals surface area contributed by atoms with Crippen LogP contribution in [-0.4, -0.2) is 24.6 Å². The van der Waals surface area contributed by atoms with Gasteiger partial charge in [0.15, 0.2) is 0 Å². The van der Waals surface area contributed by atoms with Crippen molar-refractivity contribution in [2.24, 2.45) is 11.5 Å². The summed E-state index contributed by atoms with van der Waals surface area (Å²) in [5.41, 5.74) is 9.60. The quantitative estimate of drug-likeness (QED) is 0.453. The Hall–Kier alpha value is -0.101. The molecule has 11 heavy (non-hydrogen) atoms. The van der Waals surface area contributed by atoms with Gasteiger partial charge in [0, 0.05) is 17.1 Å². The van der Waals surface area contributed by atoms with E-state index in [-0.39, 0.29) is 27.4 Å². The van der Waals surface area contributed by atoms with Crippen LogP contribution in [0.5, 0.6) is 0 Å². The molecule has 0 aromatic carbocycles. The molecule has 0 aliphatic carbocycles. The molecule has 0 aromatic heterocycles. The van der Waals surface area contributed by atoms with Crippen molar-refractivity contribution < 1.29 is 26.5 Å². The van der Waals surface area contributed by atoms with Crippen molar-refractivity contribution in [1.29, 1.82) is 0 Å². The summed E-state index contributed by atoms with van der Waals surface area (Å²) in [7, 11) is 2.87. The first-order valence-corrected chi connectivity index (χ1v) is 3.03. The smallest absolute Gasteiger partial charge is 0.253 e. The number of rotatable bonds is 0. The summed E-state index contributed by atoms with van der Waals surface area (Å²) >= 11 is 8.50. The predicted octanol–water partition coefficient (Wildman–Crippen LogP) is -0.250. The number of ether oxygens (including phenoxy) is 2. The molecule has 1 radical (unpaired) electrons. The third kappa shape index (κ3) is 40.6. The molecule has 0 aromatic rings. The topological polar surface area (TPSA) is 70.5 Å². The Kier molecular flexibility index (Phi) is 19.6. The van der Waals surface area contributed by atoms with Crippen molar-refractivity contribution in [3.63, 3.8) is 0 Å². The molecule has 0 aliphatic rings. The van der Waals surface area contributed by atoms with Gasteiger partial charge in [-0.05, 0) is 24.4 Å². The molecule has 0 unspecified atom stereocenters. The zero-order chi connectivity index (χ0) is 8.57. The van der Waals surface area contributed by atoms with E-state index < -0.39 is 0 Å². The van der Waals surface area contributed by atoms with Crippen LogP contribution in [0.1, 0.15) is 0 Å². The maximum Gasteiger partial charge on any atom is 0.253 e. The second-order valence-corrected chi connectivity index (χ2v) is 1.85. The van der Waals surface area contributed by atoms with Crippen LogP contribution in [-0.2, 0) is 26.5 Å². The first-order valence-electron chi connectivity index (χ1n) is 2.21. The van der Waals surface area contributed by atoms with E-state index in [0.717, 1.165) is 0 Å². The molecule has 0 saturated carbocycles. The summed E-state index contributed by atoms with van der Waals surface area (Å²) in [6.45, 7) is 0. The Morgan fingerprint density at radius 2 is 1.09 bits per heavy atom. The predicted molar refractivity (Wildman–Crippen MR) is 47.6 cm³/mol. The van der Waals surface area contributed by atoms with Gasteiger partial charge in [-0.2, -0.15) is 0 Å². The van der Waals surface area contributed by atoms with Crippen molar-refractivity contribution in [2.45, 2.75) is 0 Å². The maximum atomic E-state index is 4.80. The van der Waals surface area contributed by atoms with Crippen LogP contribution in [0, 0.1) is 0 Å². The molecule has 0 rings (SSSR count). The van der Waals surface area contributed by atoms with E-state index >= 15 is 0 Å². The van der Waals surface area contributed by atoms with E-state index in [4.69, 9.17) is 11.5 Å². The fourth-order valence-electron chi connectivity index (χ4n) is 0. The Morgan fingerprint density at radius 3 is 1.09 bits per heavy atom. The zero-order valence-corrected chi connectivity index (χ0v) is 8.66. The van der Waals surface area contributed by atoms with Gasteiger partial charge in [-0.3, -0.25) is 0 Å². The van der Waals surface area contributed by atoms with Crippen LogP contribution >= 0.6 is 24.4 Å². The largest absolute Gasteiger partial charge is 0.475 e. The number of hydrogen-bond acceptors (Lipinski definition) is 4. The van der Waals surface area contributed by atoms with Gasteiger partial charge >= 0.3 is 0 Å². The summed E-state index contributed by atoms with van der Waals surface area (Å²) in [5.74, 6) is 0. The van der Waals surface area contributed by atoms with Gasteiger partial charge < -0.3 is 20.9 Å². The Bertz CT molecular complexity index is 109. The van der Waals surface area contributed by atoms with E-state index in [1.807, 2.05) is 0 Å².